The smallest absolute Gasteiger partial charge is 0.236 e. The van der Waals surface area contributed by atoms with Crippen molar-refractivity contribution in [3.63, 3.8) is 0 Å². The van der Waals surface area contributed by atoms with Crippen LogP contribution < -0.4 is 0 Å². The van der Waals surface area contributed by atoms with Crippen LogP contribution in [-0.2, 0) is 14.8 Å². The van der Waals surface area contributed by atoms with Gasteiger partial charge < -0.3 is 4.52 Å². The Morgan fingerprint density at radius 2 is 2.40 bits per heavy atom. The zero-order valence-electron chi connectivity index (χ0n) is 4.82. The van der Waals surface area contributed by atoms with E-state index in [9.17, 15) is 8.42 Å². The second kappa shape index (κ2) is 2.59. The number of hydrogen-bond acceptors (Lipinski definition) is 4. The molecule has 10 heavy (non-hydrogen) atoms. The minimum absolute atomic E-state index is 0.238. The molecule has 0 radical (unpaired) electrons. The Morgan fingerprint density at radius 3 is 2.80 bits per heavy atom. The highest BCUT2D eigenvalue weighted by atomic mass is 35.7. The van der Waals surface area contributed by atoms with Gasteiger partial charge in [0.1, 0.15) is 6.26 Å². The molecule has 4 nitrogen and oxygen atoms in total. The third kappa shape index (κ3) is 2.36. The Bertz CT molecular complexity index is 290. The van der Waals surface area contributed by atoms with Crippen LogP contribution in [-0.4, -0.2) is 13.6 Å². The summed E-state index contributed by atoms with van der Waals surface area (Å²) in [4.78, 5) is 0. The first kappa shape index (κ1) is 7.56. The zero-order chi connectivity index (χ0) is 7.61. The lowest BCUT2D eigenvalue weighted by atomic mass is 10.4. The Morgan fingerprint density at radius 1 is 1.70 bits per heavy atom. The summed E-state index contributed by atoms with van der Waals surface area (Å²) in [7, 11) is 1.45. The van der Waals surface area contributed by atoms with Crippen molar-refractivity contribution in [1.82, 2.24) is 5.16 Å². The summed E-state index contributed by atoms with van der Waals surface area (Å²) >= 11 is 0. The van der Waals surface area contributed by atoms with E-state index < -0.39 is 9.05 Å². The Kier molecular flexibility index (Phi) is 1.96. The van der Waals surface area contributed by atoms with Crippen molar-refractivity contribution in [2.75, 3.05) is 0 Å². The Hall–Kier alpha value is -0.550. The third-order valence-corrected chi connectivity index (χ3v) is 1.83. The van der Waals surface area contributed by atoms with Crippen molar-refractivity contribution >= 4 is 19.7 Å². The lowest BCUT2D eigenvalue weighted by Gasteiger charge is -1.86. The van der Waals surface area contributed by atoms with Gasteiger partial charge in [-0.25, -0.2) is 8.42 Å². The molecule has 0 aromatic carbocycles. The first-order valence-electron chi connectivity index (χ1n) is 2.38. The molecule has 0 spiro atoms. The van der Waals surface area contributed by atoms with Crippen LogP contribution in [0.5, 0.6) is 0 Å². The molecule has 6 heteroatoms. The van der Waals surface area contributed by atoms with E-state index in [0.29, 0.717) is 5.56 Å². The highest BCUT2D eigenvalue weighted by molar-refractivity contribution is 8.13. The lowest BCUT2D eigenvalue weighted by molar-refractivity contribution is 0.419. The van der Waals surface area contributed by atoms with Gasteiger partial charge in [0, 0.05) is 16.2 Å². The molecule has 0 aliphatic carbocycles. The van der Waals surface area contributed by atoms with Crippen molar-refractivity contribution in [3.05, 3.63) is 18.0 Å². The van der Waals surface area contributed by atoms with Gasteiger partial charge in [-0.1, -0.05) is 5.16 Å². The van der Waals surface area contributed by atoms with E-state index >= 15 is 0 Å². The largest absolute Gasteiger partial charge is 0.364 e. The van der Waals surface area contributed by atoms with Crippen LogP contribution >= 0.6 is 10.7 Å². The molecule has 0 fully saturated rings. The van der Waals surface area contributed by atoms with Crippen LogP contribution in [0, 0.1) is 0 Å². The number of rotatable bonds is 2. The van der Waals surface area contributed by atoms with E-state index in [1.54, 1.807) is 0 Å². The van der Waals surface area contributed by atoms with Gasteiger partial charge in [-0.05, 0) is 0 Å². The molecule has 0 bridgehead atoms. The highest BCUT2D eigenvalue weighted by Crippen LogP contribution is 2.07. The van der Waals surface area contributed by atoms with Crippen LogP contribution in [0.4, 0.5) is 0 Å². The van der Waals surface area contributed by atoms with Gasteiger partial charge in [0.15, 0.2) is 0 Å². The zero-order valence-corrected chi connectivity index (χ0v) is 6.39. The molecule has 0 aliphatic rings. The molecule has 0 saturated heterocycles. The fourth-order valence-corrected chi connectivity index (χ4v) is 1.42. The van der Waals surface area contributed by atoms with E-state index in [1.807, 2.05) is 0 Å². The monoisotopic (exact) mass is 181 g/mol. The van der Waals surface area contributed by atoms with Crippen LogP contribution in [0.2, 0.25) is 0 Å². The maximum absolute atomic E-state index is 10.4. The predicted molar refractivity (Wildman–Crippen MR) is 35.0 cm³/mol. The SMILES string of the molecule is O=S(=O)(Cl)Cc1cnoc1. The van der Waals surface area contributed by atoms with E-state index in [1.165, 1.54) is 12.5 Å². The van der Waals surface area contributed by atoms with Crippen molar-refractivity contribution in [2.45, 2.75) is 5.75 Å². The molecule has 0 unspecified atom stereocenters. The molecule has 0 aliphatic heterocycles. The fraction of sp³-hybridized carbons (Fsp3) is 0.250. The molecular formula is C4H4ClNO3S. The number of nitrogens with zero attached hydrogens (tertiary/aromatic N) is 1. The highest BCUT2D eigenvalue weighted by Gasteiger charge is 2.07. The van der Waals surface area contributed by atoms with Crippen molar-refractivity contribution in [3.8, 4) is 0 Å². The lowest BCUT2D eigenvalue weighted by Crippen LogP contribution is -1.92. The molecule has 0 N–H and O–H groups in total. The van der Waals surface area contributed by atoms with Crippen LogP contribution in [0.3, 0.4) is 0 Å². The molecule has 0 atom stereocenters. The van der Waals surface area contributed by atoms with Gasteiger partial charge in [0.05, 0.1) is 11.9 Å². The van der Waals surface area contributed by atoms with Crippen LogP contribution in [0.15, 0.2) is 17.0 Å². The minimum atomic E-state index is -3.47. The molecular weight excluding hydrogens is 178 g/mol. The van der Waals surface area contributed by atoms with Gasteiger partial charge in [-0.15, -0.1) is 0 Å². The van der Waals surface area contributed by atoms with E-state index in [-0.39, 0.29) is 5.75 Å². The maximum atomic E-state index is 10.4. The van der Waals surface area contributed by atoms with Crippen molar-refractivity contribution in [2.24, 2.45) is 0 Å². The predicted octanol–water partition coefficient (Wildman–Crippen LogP) is 0.743. The molecule has 0 saturated carbocycles. The van der Waals surface area contributed by atoms with E-state index in [4.69, 9.17) is 10.7 Å². The van der Waals surface area contributed by atoms with Crippen molar-refractivity contribution < 1.29 is 12.9 Å². The minimum Gasteiger partial charge on any atom is -0.364 e. The first-order chi connectivity index (χ1) is 4.58. The molecule has 0 amide bonds. The molecule has 1 aromatic heterocycles. The van der Waals surface area contributed by atoms with E-state index in [0.717, 1.165) is 0 Å². The molecule has 1 heterocycles. The summed E-state index contributed by atoms with van der Waals surface area (Å²) in [5, 5.41) is 3.31. The summed E-state index contributed by atoms with van der Waals surface area (Å²) in [5.41, 5.74) is 0.454. The number of aromatic nitrogens is 1. The van der Waals surface area contributed by atoms with Gasteiger partial charge in [0.25, 0.3) is 0 Å². The van der Waals surface area contributed by atoms with Gasteiger partial charge >= 0.3 is 0 Å². The first-order valence-corrected chi connectivity index (χ1v) is 4.86. The normalized spacial score (nSPS) is 11.7. The summed E-state index contributed by atoms with van der Waals surface area (Å²) in [6, 6.07) is 0. The average Bonchev–Trinajstić information content (AvgIpc) is 2.12. The van der Waals surface area contributed by atoms with Gasteiger partial charge in [-0.2, -0.15) is 0 Å². The molecule has 56 valence electrons. The topological polar surface area (TPSA) is 60.2 Å². The van der Waals surface area contributed by atoms with Gasteiger partial charge in [0.2, 0.25) is 9.05 Å². The molecule has 1 rings (SSSR count). The summed E-state index contributed by atoms with van der Waals surface area (Å²) in [5.74, 6) is -0.238. The standard InChI is InChI=1S/C4H4ClNO3S/c5-10(7,8)3-4-1-6-9-2-4/h1-2H,3H2. The van der Waals surface area contributed by atoms with Gasteiger partial charge in [-0.3, -0.25) is 0 Å². The fourth-order valence-electron chi connectivity index (χ4n) is 0.497. The van der Waals surface area contributed by atoms with Crippen LogP contribution in [0.1, 0.15) is 5.56 Å². The number of hydrogen-bond donors (Lipinski definition) is 0. The van der Waals surface area contributed by atoms with Crippen LogP contribution in [0.25, 0.3) is 0 Å². The third-order valence-electron chi connectivity index (χ3n) is 0.823. The maximum Gasteiger partial charge on any atom is 0.236 e. The second-order valence-electron chi connectivity index (χ2n) is 1.72. The number of halogens is 1. The Balaban J connectivity index is 2.75. The second-order valence-corrected chi connectivity index (χ2v) is 4.49. The summed E-state index contributed by atoms with van der Waals surface area (Å²) < 4.78 is 25.2. The van der Waals surface area contributed by atoms with E-state index in [2.05, 4.69) is 9.68 Å². The Labute approximate surface area is 62.2 Å². The summed E-state index contributed by atoms with van der Waals surface area (Å²) in [6.07, 6.45) is 2.54. The van der Waals surface area contributed by atoms with Crippen molar-refractivity contribution in [1.29, 1.82) is 0 Å². The summed E-state index contributed by atoms with van der Waals surface area (Å²) in [6.45, 7) is 0. The average molecular weight is 182 g/mol. The molecule has 1 aromatic rings. The quantitative estimate of drug-likeness (QED) is 0.632.